The molecule has 7 nitrogen and oxygen atoms in total. The van der Waals surface area contributed by atoms with Crippen molar-refractivity contribution >= 4 is 22.9 Å². The summed E-state index contributed by atoms with van der Waals surface area (Å²) >= 11 is -2.80. The molecule has 2 aromatic rings. The van der Waals surface area contributed by atoms with Crippen LogP contribution in [0.4, 0.5) is 23.7 Å². The van der Waals surface area contributed by atoms with Crippen molar-refractivity contribution in [2.24, 2.45) is 5.92 Å². The van der Waals surface area contributed by atoms with Gasteiger partial charge in [-0.1, -0.05) is 6.07 Å². The number of amides is 2. The molecule has 2 heterocycles. The quantitative estimate of drug-likeness (QED) is 0.739. The van der Waals surface area contributed by atoms with Gasteiger partial charge in [0, 0.05) is 13.1 Å². The zero-order chi connectivity index (χ0) is 21.0. The molecule has 0 aliphatic carbocycles. The van der Waals surface area contributed by atoms with Gasteiger partial charge in [0.1, 0.15) is 0 Å². The number of para-hydroxylation sites is 1. The second kappa shape index (κ2) is 8.87. The Hall–Kier alpha value is -2.53. The van der Waals surface area contributed by atoms with Crippen LogP contribution in [0, 0.1) is 11.7 Å². The van der Waals surface area contributed by atoms with E-state index < -0.39 is 39.9 Å². The van der Waals surface area contributed by atoms with Crippen molar-refractivity contribution in [1.82, 2.24) is 15.1 Å². The Labute approximate surface area is 168 Å². The Morgan fingerprint density at radius 3 is 2.66 bits per heavy atom. The van der Waals surface area contributed by atoms with Crippen molar-refractivity contribution in [2.75, 3.05) is 25.5 Å². The minimum atomic E-state index is -3.60. The standard InChI is InChI=1S/C18H19F3N4O3S/c1-28-16-14(19)3-2-4-15(16)29(27)18(20,21)12-6-9-25(10-7-12)17(26)24-13-5-8-22-23-11-13/h2-5,8,11-12H,6-7,9-10H2,1H3,(H,22,24,26). The molecular formula is C18H19F3N4O3S. The lowest BCUT2D eigenvalue weighted by Gasteiger charge is -2.35. The van der Waals surface area contributed by atoms with Crippen LogP contribution in [0.5, 0.6) is 5.75 Å². The molecule has 3 rings (SSSR count). The third kappa shape index (κ3) is 4.56. The van der Waals surface area contributed by atoms with E-state index in [1.54, 1.807) is 6.07 Å². The SMILES string of the molecule is COc1c(F)cccc1[S+]([O-])C(F)(F)C1CCN(C(=O)Nc2ccnnc2)CC1. The smallest absolute Gasteiger partial charge is 0.414 e. The minimum Gasteiger partial charge on any atom is -0.607 e. The van der Waals surface area contributed by atoms with Crippen LogP contribution in [0.15, 0.2) is 41.6 Å². The highest BCUT2D eigenvalue weighted by Gasteiger charge is 2.54. The van der Waals surface area contributed by atoms with Crippen molar-refractivity contribution in [1.29, 1.82) is 0 Å². The molecular weight excluding hydrogens is 409 g/mol. The number of aromatic nitrogens is 2. The summed E-state index contributed by atoms with van der Waals surface area (Å²) in [5.74, 6) is -2.53. The first kappa shape index (κ1) is 21.2. The largest absolute Gasteiger partial charge is 0.607 e. The fourth-order valence-electron chi connectivity index (χ4n) is 3.12. The Morgan fingerprint density at radius 2 is 2.03 bits per heavy atom. The van der Waals surface area contributed by atoms with Crippen LogP contribution in [0.3, 0.4) is 0 Å². The van der Waals surface area contributed by atoms with E-state index in [0.29, 0.717) is 5.69 Å². The maximum Gasteiger partial charge on any atom is 0.414 e. The van der Waals surface area contributed by atoms with Gasteiger partial charge < -0.3 is 19.5 Å². The number of benzene rings is 1. The number of anilines is 1. The number of nitrogens with zero attached hydrogens (tertiary/aromatic N) is 3. The summed E-state index contributed by atoms with van der Waals surface area (Å²) in [6.07, 6.45) is 2.70. The van der Waals surface area contributed by atoms with E-state index in [2.05, 4.69) is 15.5 Å². The number of hydrogen-bond acceptors (Lipinski definition) is 5. The van der Waals surface area contributed by atoms with Crippen molar-refractivity contribution in [3.8, 4) is 5.75 Å². The highest BCUT2D eigenvalue weighted by molar-refractivity contribution is 7.92. The van der Waals surface area contributed by atoms with Crippen LogP contribution in [0.2, 0.25) is 0 Å². The first-order valence-electron chi connectivity index (χ1n) is 8.79. The highest BCUT2D eigenvalue weighted by Crippen LogP contribution is 2.43. The normalized spacial score (nSPS) is 16.4. The van der Waals surface area contributed by atoms with Crippen molar-refractivity contribution < 1.29 is 27.3 Å². The lowest BCUT2D eigenvalue weighted by molar-refractivity contribution is 0.000320. The number of rotatable bonds is 5. The molecule has 1 aromatic carbocycles. The van der Waals surface area contributed by atoms with Gasteiger partial charge in [-0.2, -0.15) is 19.0 Å². The van der Waals surface area contributed by atoms with Crippen LogP contribution < -0.4 is 10.1 Å². The van der Waals surface area contributed by atoms with E-state index in [-0.39, 0.29) is 30.8 Å². The summed E-state index contributed by atoms with van der Waals surface area (Å²) < 4.78 is 61.0. The van der Waals surface area contributed by atoms with Crippen LogP contribution in [-0.4, -0.2) is 51.1 Å². The fourth-order valence-corrected chi connectivity index (χ4v) is 4.50. The second-order valence-corrected chi connectivity index (χ2v) is 7.95. The van der Waals surface area contributed by atoms with Gasteiger partial charge in [-0.25, -0.2) is 9.18 Å². The van der Waals surface area contributed by atoms with E-state index >= 15 is 0 Å². The second-order valence-electron chi connectivity index (χ2n) is 6.42. The van der Waals surface area contributed by atoms with Crippen LogP contribution in [-0.2, 0) is 11.2 Å². The van der Waals surface area contributed by atoms with Gasteiger partial charge in [0.05, 0.1) is 42.3 Å². The number of ether oxygens (including phenoxy) is 1. The van der Waals surface area contributed by atoms with Gasteiger partial charge in [-0.3, -0.25) is 0 Å². The molecule has 1 N–H and O–H groups in total. The third-order valence-electron chi connectivity index (χ3n) is 4.67. The number of likely N-dealkylation sites (tertiary alicyclic amines) is 1. The molecule has 29 heavy (non-hydrogen) atoms. The van der Waals surface area contributed by atoms with E-state index in [0.717, 1.165) is 19.2 Å². The first-order chi connectivity index (χ1) is 13.8. The molecule has 1 fully saturated rings. The summed E-state index contributed by atoms with van der Waals surface area (Å²) in [5.41, 5.74) is 0.441. The Morgan fingerprint density at radius 1 is 1.31 bits per heavy atom. The Balaban J connectivity index is 1.65. The third-order valence-corrected chi connectivity index (χ3v) is 6.22. The average molecular weight is 428 g/mol. The monoisotopic (exact) mass is 428 g/mol. The summed E-state index contributed by atoms with van der Waals surface area (Å²) in [6.45, 7) is 0.143. The van der Waals surface area contributed by atoms with Crippen LogP contribution in [0.1, 0.15) is 12.8 Å². The summed E-state index contributed by atoms with van der Waals surface area (Å²) in [5, 5.41) is 6.26. The predicted molar refractivity (Wildman–Crippen MR) is 99.7 cm³/mol. The molecule has 0 bridgehead atoms. The molecule has 1 unspecified atom stereocenters. The summed E-state index contributed by atoms with van der Waals surface area (Å²) in [6, 6.07) is 4.54. The number of piperidine rings is 1. The van der Waals surface area contributed by atoms with Crippen molar-refractivity contribution in [2.45, 2.75) is 23.0 Å². The first-order valence-corrected chi connectivity index (χ1v) is 9.94. The van der Waals surface area contributed by atoms with E-state index in [1.807, 2.05) is 0 Å². The number of nitrogens with one attached hydrogen (secondary N) is 1. The molecule has 1 aromatic heterocycles. The molecule has 0 saturated carbocycles. The maximum atomic E-state index is 14.9. The minimum absolute atomic E-state index is 0.0433. The molecule has 11 heteroatoms. The van der Waals surface area contributed by atoms with Crippen molar-refractivity contribution in [3.05, 3.63) is 42.5 Å². The Bertz CT molecular complexity index is 851. The van der Waals surface area contributed by atoms with Gasteiger partial charge >= 0.3 is 11.3 Å². The van der Waals surface area contributed by atoms with Gasteiger partial charge in [-0.15, -0.1) is 0 Å². The number of urea groups is 1. The van der Waals surface area contributed by atoms with E-state index in [4.69, 9.17) is 4.74 Å². The maximum absolute atomic E-state index is 14.9. The van der Waals surface area contributed by atoms with Gasteiger partial charge in [0.2, 0.25) is 10.6 Å². The van der Waals surface area contributed by atoms with Crippen LogP contribution in [0.25, 0.3) is 0 Å². The Kier molecular flexibility index (Phi) is 6.48. The number of hydrogen-bond donors (Lipinski definition) is 1. The number of methoxy groups -OCH3 is 1. The average Bonchev–Trinajstić information content (AvgIpc) is 2.73. The summed E-state index contributed by atoms with van der Waals surface area (Å²) in [7, 11) is 1.13. The molecule has 1 atom stereocenters. The lowest BCUT2D eigenvalue weighted by atomic mass is 9.97. The van der Waals surface area contributed by atoms with Gasteiger partial charge in [-0.05, 0) is 31.0 Å². The zero-order valence-corrected chi connectivity index (χ0v) is 16.3. The fraction of sp³-hybridized carbons (Fsp3) is 0.389. The zero-order valence-electron chi connectivity index (χ0n) is 15.5. The highest BCUT2D eigenvalue weighted by atomic mass is 32.2. The number of carbonyl (C=O) groups excluding carboxylic acids is 1. The number of alkyl halides is 2. The molecule has 1 saturated heterocycles. The van der Waals surface area contributed by atoms with Gasteiger partial charge in [0.25, 0.3) is 0 Å². The summed E-state index contributed by atoms with van der Waals surface area (Å²) in [4.78, 5) is 13.3. The lowest BCUT2D eigenvalue weighted by Crippen LogP contribution is -2.47. The molecule has 1 aliphatic rings. The molecule has 2 amide bonds. The van der Waals surface area contributed by atoms with Gasteiger partial charge in [0.15, 0.2) is 5.82 Å². The molecule has 1 aliphatic heterocycles. The van der Waals surface area contributed by atoms with E-state index in [9.17, 15) is 22.5 Å². The number of halogens is 3. The molecule has 0 spiro atoms. The molecule has 0 radical (unpaired) electrons. The number of carbonyl (C=O) groups is 1. The predicted octanol–water partition coefficient (Wildman–Crippen LogP) is 3.27. The van der Waals surface area contributed by atoms with E-state index in [1.165, 1.54) is 23.4 Å². The molecule has 156 valence electrons. The van der Waals surface area contributed by atoms with Crippen molar-refractivity contribution in [3.63, 3.8) is 0 Å². The topological polar surface area (TPSA) is 90.4 Å². The van der Waals surface area contributed by atoms with Crippen LogP contribution >= 0.6 is 0 Å².